The molecule has 0 aromatic carbocycles. The van der Waals surface area contributed by atoms with Gasteiger partial charge in [0.05, 0.1) is 6.04 Å². The summed E-state index contributed by atoms with van der Waals surface area (Å²) in [5, 5.41) is 8.72. The maximum absolute atomic E-state index is 13.4. The SMILES string of the molecule is C\C=C/C=C\C(=C/C)[C@@H](C)CN(C(=O)OC(C)(C)CC)[C@H](/C=C/CCCCCCCCC(=O)O)CSC. The van der Waals surface area contributed by atoms with Gasteiger partial charge in [0, 0.05) is 18.7 Å². The van der Waals surface area contributed by atoms with E-state index in [0.29, 0.717) is 6.54 Å². The Bertz CT molecular complexity index is 754. The summed E-state index contributed by atoms with van der Waals surface area (Å²) < 4.78 is 5.95. The first-order valence-corrected chi connectivity index (χ1v) is 15.3. The molecule has 1 amide bonds. The molecule has 0 bridgehead atoms. The lowest BCUT2D eigenvalue weighted by Crippen LogP contribution is -2.46. The van der Waals surface area contributed by atoms with Gasteiger partial charge in [-0.05, 0) is 71.1 Å². The number of ether oxygens (including phenoxy) is 1. The number of carboxylic acids is 1. The van der Waals surface area contributed by atoms with Crippen molar-refractivity contribution in [2.45, 2.75) is 111 Å². The highest BCUT2D eigenvalue weighted by Gasteiger charge is 2.30. The first-order chi connectivity index (χ1) is 17.6. The van der Waals surface area contributed by atoms with Crippen LogP contribution in [0.25, 0.3) is 0 Å². The molecule has 212 valence electrons. The number of hydrogen-bond acceptors (Lipinski definition) is 4. The molecule has 5 nitrogen and oxygen atoms in total. The fraction of sp³-hybridized carbons (Fsp3) is 0.677. The number of allylic oxidation sites excluding steroid dienone is 6. The van der Waals surface area contributed by atoms with Crippen LogP contribution in [0.2, 0.25) is 0 Å². The zero-order chi connectivity index (χ0) is 28.1. The Hall–Kier alpha value is -1.95. The van der Waals surface area contributed by atoms with Gasteiger partial charge in [-0.3, -0.25) is 4.79 Å². The minimum absolute atomic E-state index is 0.0359. The number of nitrogens with zero attached hydrogens (tertiary/aromatic N) is 1. The van der Waals surface area contributed by atoms with E-state index in [9.17, 15) is 9.59 Å². The van der Waals surface area contributed by atoms with Gasteiger partial charge in [-0.25, -0.2) is 4.79 Å². The minimum atomic E-state index is -0.706. The maximum Gasteiger partial charge on any atom is 0.410 e. The van der Waals surface area contributed by atoms with Gasteiger partial charge in [-0.1, -0.05) is 82.1 Å². The van der Waals surface area contributed by atoms with Gasteiger partial charge < -0.3 is 14.7 Å². The highest BCUT2D eigenvalue weighted by Crippen LogP contribution is 2.22. The van der Waals surface area contributed by atoms with Gasteiger partial charge >= 0.3 is 12.1 Å². The second-order valence-electron chi connectivity index (χ2n) is 10.2. The van der Waals surface area contributed by atoms with Crippen LogP contribution >= 0.6 is 11.8 Å². The number of carbonyl (C=O) groups is 2. The van der Waals surface area contributed by atoms with E-state index in [2.05, 4.69) is 37.5 Å². The molecule has 6 heteroatoms. The third kappa shape index (κ3) is 17.2. The predicted molar refractivity (Wildman–Crippen MR) is 160 cm³/mol. The monoisotopic (exact) mass is 535 g/mol. The summed E-state index contributed by atoms with van der Waals surface area (Å²) in [4.78, 5) is 25.9. The molecule has 0 unspecified atom stereocenters. The molecule has 0 aliphatic carbocycles. The van der Waals surface area contributed by atoms with E-state index in [4.69, 9.17) is 9.84 Å². The molecule has 0 rings (SSSR count). The molecule has 2 atom stereocenters. The van der Waals surface area contributed by atoms with E-state index in [0.717, 1.165) is 57.1 Å². The molecular weight excluding hydrogens is 482 g/mol. The summed E-state index contributed by atoms with van der Waals surface area (Å²) in [6.45, 7) is 12.8. The number of carbonyl (C=O) groups excluding carboxylic acids is 1. The van der Waals surface area contributed by atoms with Gasteiger partial charge in [0.1, 0.15) is 5.60 Å². The number of hydrogen-bond donors (Lipinski definition) is 1. The minimum Gasteiger partial charge on any atom is -0.481 e. The largest absolute Gasteiger partial charge is 0.481 e. The van der Waals surface area contributed by atoms with E-state index in [1.807, 2.05) is 57.7 Å². The molecule has 0 spiro atoms. The molecule has 0 fully saturated rings. The number of aliphatic carboxylic acids is 1. The Balaban J connectivity index is 5.29. The van der Waals surface area contributed by atoms with Crippen molar-refractivity contribution in [2.75, 3.05) is 18.6 Å². The number of carboxylic acid groups (broad SMARTS) is 1. The van der Waals surface area contributed by atoms with Crippen LogP contribution in [-0.4, -0.2) is 52.3 Å². The third-order valence-corrected chi connectivity index (χ3v) is 7.20. The molecule has 37 heavy (non-hydrogen) atoms. The average Bonchev–Trinajstić information content (AvgIpc) is 2.85. The third-order valence-electron chi connectivity index (χ3n) is 6.52. The van der Waals surface area contributed by atoms with Crippen molar-refractivity contribution >= 4 is 23.8 Å². The van der Waals surface area contributed by atoms with Crippen LogP contribution < -0.4 is 0 Å². The second kappa shape index (κ2) is 21.0. The fourth-order valence-electron chi connectivity index (χ4n) is 3.85. The normalized spacial score (nSPS) is 14.5. The van der Waals surface area contributed by atoms with Crippen molar-refractivity contribution < 1.29 is 19.4 Å². The number of rotatable bonds is 20. The van der Waals surface area contributed by atoms with E-state index in [1.54, 1.807) is 11.8 Å². The summed E-state index contributed by atoms with van der Waals surface area (Å²) in [6.07, 6.45) is 24.7. The van der Waals surface area contributed by atoms with Crippen molar-refractivity contribution in [1.29, 1.82) is 0 Å². The van der Waals surface area contributed by atoms with E-state index >= 15 is 0 Å². The summed E-state index contributed by atoms with van der Waals surface area (Å²) >= 11 is 1.74. The Kier molecular flexibility index (Phi) is 19.9. The van der Waals surface area contributed by atoms with Crippen molar-refractivity contribution in [3.8, 4) is 0 Å². The maximum atomic E-state index is 13.4. The molecular formula is C31H53NO4S. The smallest absolute Gasteiger partial charge is 0.410 e. The molecule has 0 saturated carbocycles. The molecule has 0 saturated heterocycles. The summed E-state index contributed by atoms with van der Waals surface area (Å²) in [5.74, 6) is 0.277. The number of thioether (sulfide) groups is 1. The van der Waals surface area contributed by atoms with Crippen LogP contribution in [0, 0.1) is 5.92 Å². The standard InChI is InChI=1S/C31H53NO4S/c1-8-11-18-21-27(9-2)26(4)24-32(30(35)36-31(5,6)10-3)28(25-37-7)22-19-16-14-12-13-15-17-20-23-29(33)34/h8-9,11,18-19,21-22,26,28H,10,12-17,20,23-25H2,1-7H3,(H,33,34)/b11-8-,21-18-,22-19+,27-9+/t26-,28+/m0/s1. The first kappa shape index (κ1) is 35.0. The highest BCUT2D eigenvalue weighted by molar-refractivity contribution is 7.98. The quantitative estimate of drug-likeness (QED) is 0.0958. The molecule has 0 aromatic rings. The summed E-state index contributed by atoms with van der Waals surface area (Å²) in [6, 6.07) is -0.0359. The van der Waals surface area contributed by atoms with E-state index in [1.165, 1.54) is 5.57 Å². The second-order valence-corrected chi connectivity index (χ2v) is 11.1. The lowest BCUT2D eigenvalue weighted by molar-refractivity contribution is -0.137. The zero-order valence-corrected chi connectivity index (χ0v) is 25.3. The first-order valence-electron chi connectivity index (χ1n) is 13.9. The molecule has 0 aliphatic heterocycles. The molecule has 0 heterocycles. The lowest BCUT2D eigenvalue weighted by Gasteiger charge is -2.35. The highest BCUT2D eigenvalue weighted by atomic mass is 32.2. The lowest BCUT2D eigenvalue weighted by atomic mass is 9.99. The topological polar surface area (TPSA) is 66.8 Å². The predicted octanol–water partition coefficient (Wildman–Crippen LogP) is 8.82. The van der Waals surface area contributed by atoms with Gasteiger partial charge in [0.25, 0.3) is 0 Å². The molecule has 0 radical (unpaired) electrons. The average molecular weight is 536 g/mol. The van der Waals surface area contributed by atoms with Crippen LogP contribution in [0.1, 0.15) is 99.3 Å². The van der Waals surface area contributed by atoms with Crippen LogP contribution in [0.15, 0.2) is 48.1 Å². The number of unbranched alkanes of at least 4 members (excludes halogenated alkanes) is 6. The summed E-state index contributed by atoms with van der Waals surface area (Å²) in [5.41, 5.74) is 0.687. The van der Waals surface area contributed by atoms with Crippen LogP contribution in [0.4, 0.5) is 4.79 Å². The van der Waals surface area contributed by atoms with E-state index in [-0.39, 0.29) is 24.5 Å². The van der Waals surface area contributed by atoms with E-state index < -0.39 is 11.6 Å². The Morgan fingerprint density at radius 2 is 1.70 bits per heavy atom. The van der Waals surface area contributed by atoms with Gasteiger partial charge in [-0.15, -0.1) is 0 Å². The van der Waals surface area contributed by atoms with Crippen molar-refractivity contribution in [3.63, 3.8) is 0 Å². The number of amides is 1. The Morgan fingerprint density at radius 3 is 2.27 bits per heavy atom. The Morgan fingerprint density at radius 1 is 1.05 bits per heavy atom. The fourth-order valence-corrected chi connectivity index (χ4v) is 4.49. The Labute approximate surface area is 231 Å². The molecule has 1 N–H and O–H groups in total. The summed E-state index contributed by atoms with van der Waals surface area (Å²) in [7, 11) is 0. The van der Waals surface area contributed by atoms with Crippen LogP contribution in [0.3, 0.4) is 0 Å². The van der Waals surface area contributed by atoms with Crippen LogP contribution in [-0.2, 0) is 9.53 Å². The molecule has 0 aromatic heterocycles. The zero-order valence-electron chi connectivity index (χ0n) is 24.5. The van der Waals surface area contributed by atoms with Gasteiger partial charge in [-0.2, -0.15) is 11.8 Å². The molecule has 0 aliphatic rings. The van der Waals surface area contributed by atoms with Crippen LogP contribution in [0.5, 0.6) is 0 Å². The van der Waals surface area contributed by atoms with Crippen molar-refractivity contribution in [2.24, 2.45) is 5.92 Å². The van der Waals surface area contributed by atoms with Crippen molar-refractivity contribution in [3.05, 3.63) is 48.1 Å². The van der Waals surface area contributed by atoms with Gasteiger partial charge in [0.15, 0.2) is 0 Å². The van der Waals surface area contributed by atoms with Gasteiger partial charge in [0.2, 0.25) is 0 Å². The van der Waals surface area contributed by atoms with Crippen molar-refractivity contribution in [1.82, 2.24) is 4.90 Å².